The van der Waals surface area contributed by atoms with Gasteiger partial charge in [0.25, 0.3) is 5.91 Å². The van der Waals surface area contributed by atoms with Crippen molar-refractivity contribution in [2.24, 2.45) is 0 Å². The first-order chi connectivity index (χ1) is 11.8. The lowest BCUT2D eigenvalue weighted by Gasteiger charge is -2.08. The quantitative estimate of drug-likeness (QED) is 0.292. The van der Waals surface area contributed by atoms with Crippen LogP contribution in [0.5, 0.6) is 5.75 Å². The van der Waals surface area contributed by atoms with Gasteiger partial charge in [-0.2, -0.15) is 0 Å². The fraction of sp³-hybridized carbons (Fsp3) is 0.118. The van der Waals surface area contributed by atoms with Gasteiger partial charge in [0.2, 0.25) is 5.75 Å². The number of hydrogen-bond donors (Lipinski definition) is 1. The number of ketones is 1. The van der Waals surface area contributed by atoms with Crippen LogP contribution in [0.1, 0.15) is 33.2 Å². The average molecular weight is 342 g/mol. The highest BCUT2D eigenvalue weighted by Gasteiger charge is 2.23. The molecule has 1 amide bonds. The predicted molar refractivity (Wildman–Crippen MR) is 87.7 cm³/mol. The van der Waals surface area contributed by atoms with Crippen molar-refractivity contribution < 1.29 is 24.0 Å². The van der Waals surface area contributed by atoms with E-state index in [1.54, 1.807) is 12.1 Å². The van der Waals surface area contributed by atoms with E-state index < -0.39 is 28.3 Å². The molecule has 0 aliphatic rings. The van der Waals surface area contributed by atoms with E-state index in [4.69, 9.17) is 4.74 Å². The highest BCUT2D eigenvalue weighted by Crippen LogP contribution is 2.29. The summed E-state index contributed by atoms with van der Waals surface area (Å²) < 4.78 is 4.77. The summed E-state index contributed by atoms with van der Waals surface area (Å²) in [6.07, 6.45) is 0. The fourth-order valence-electron chi connectivity index (χ4n) is 2.21. The molecule has 0 fully saturated rings. The topological polar surface area (TPSA) is 116 Å². The van der Waals surface area contributed by atoms with E-state index in [1.165, 1.54) is 31.3 Å². The molecule has 0 atom stereocenters. The Morgan fingerprint density at radius 1 is 1.08 bits per heavy atom. The summed E-state index contributed by atoms with van der Waals surface area (Å²) in [7, 11) is 1.43. The Labute approximate surface area is 142 Å². The van der Waals surface area contributed by atoms with E-state index in [-0.39, 0.29) is 22.4 Å². The van der Waals surface area contributed by atoms with Gasteiger partial charge in [0.15, 0.2) is 5.78 Å². The van der Waals surface area contributed by atoms with Crippen LogP contribution < -0.4 is 10.1 Å². The third-order valence-electron chi connectivity index (χ3n) is 3.31. The molecule has 128 valence electrons. The maximum absolute atomic E-state index is 12.7. The second kappa shape index (κ2) is 7.35. The van der Waals surface area contributed by atoms with Gasteiger partial charge in [0.05, 0.1) is 10.5 Å². The number of hydrogen-bond acceptors (Lipinski definition) is 6. The first-order valence-corrected chi connectivity index (χ1v) is 7.17. The molecule has 0 saturated carbocycles. The lowest BCUT2D eigenvalue weighted by atomic mass is 9.97. The first-order valence-electron chi connectivity index (χ1n) is 7.17. The van der Waals surface area contributed by atoms with Gasteiger partial charge in [-0.1, -0.05) is 18.2 Å². The molecule has 0 unspecified atom stereocenters. The largest absolute Gasteiger partial charge is 0.419 e. The van der Waals surface area contributed by atoms with Crippen molar-refractivity contribution >= 4 is 23.3 Å². The minimum atomic E-state index is -0.750. The summed E-state index contributed by atoms with van der Waals surface area (Å²) >= 11 is 0. The normalized spacial score (nSPS) is 10.0. The molecule has 0 aliphatic carbocycles. The van der Waals surface area contributed by atoms with E-state index in [0.29, 0.717) is 0 Å². The number of nitro groups is 1. The molecule has 0 aromatic heterocycles. The predicted octanol–water partition coefficient (Wildman–Crippen LogP) is 2.11. The van der Waals surface area contributed by atoms with Crippen LogP contribution in [-0.4, -0.2) is 29.6 Å². The third-order valence-corrected chi connectivity index (χ3v) is 3.31. The Morgan fingerprint density at radius 3 is 2.28 bits per heavy atom. The molecule has 0 heterocycles. The van der Waals surface area contributed by atoms with Gasteiger partial charge in [0, 0.05) is 31.2 Å². The molecule has 1 N–H and O–H groups in total. The highest BCUT2D eigenvalue weighted by molar-refractivity contribution is 6.15. The lowest BCUT2D eigenvalue weighted by Crippen LogP contribution is -2.21. The van der Waals surface area contributed by atoms with Crippen LogP contribution >= 0.6 is 0 Å². The molecule has 2 aromatic carbocycles. The number of ether oxygens (including phenoxy) is 1. The van der Waals surface area contributed by atoms with Gasteiger partial charge in [-0.05, 0) is 18.2 Å². The Hall–Kier alpha value is -3.55. The second-order valence-electron chi connectivity index (χ2n) is 4.99. The number of benzene rings is 2. The van der Waals surface area contributed by atoms with Crippen molar-refractivity contribution in [2.45, 2.75) is 6.92 Å². The smallest absolute Gasteiger partial charge is 0.312 e. The molecule has 0 radical (unpaired) electrons. The van der Waals surface area contributed by atoms with Gasteiger partial charge in [0.1, 0.15) is 0 Å². The number of carbonyl (C=O) groups excluding carboxylic acids is 3. The van der Waals surface area contributed by atoms with E-state index in [0.717, 1.165) is 13.0 Å². The first kappa shape index (κ1) is 17.8. The number of nitrogens with zero attached hydrogens (tertiary/aromatic N) is 1. The maximum atomic E-state index is 12.7. The Morgan fingerprint density at radius 2 is 1.72 bits per heavy atom. The molecular formula is C17H14N2O6. The van der Waals surface area contributed by atoms with Crippen LogP contribution in [0.15, 0.2) is 42.5 Å². The average Bonchev–Trinajstić information content (AvgIpc) is 2.60. The SMILES string of the molecule is CNC(=O)c1ccccc1C(=O)c1ccc(OC(C)=O)c([N+](=O)[O-])c1. The van der Waals surface area contributed by atoms with Crippen molar-refractivity contribution in [1.82, 2.24) is 5.32 Å². The molecule has 8 nitrogen and oxygen atoms in total. The van der Waals surface area contributed by atoms with Crippen LogP contribution in [0.4, 0.5) is 5.69 Å². The zero-order valence-corrected chi connectivity index (χ0v) is 13.4. The molecule has 8 heteroatoms. The van der Waals surface area contributed by atoms with Gasteiger partial charge >= 0.3 is 11.7 Å². The van der Waals surface area contributed by atoms with Crippen LogP contribution in [0.25, 0.3) is 0 Å². The van der Waals surface area contributed by atoms with Crippen molar-refractivity contribution in [3.63, 3.8) is 0 Å². The monoisotopic (exact) mass is 342 g/mol. The summed E-state index contributed by atoms with van der Waals surface area (Å²) in [5.41, 5.74) is -0.254. The number of carbonyl (C=O) groups is 3. The summed E-state index contributed by atoms with van der Waals surface area (Å²) in [5, 5.41) is 13.6. The minimum Gasteiger partial charge on any atom is -0.419 e. The zero-order chi connectivity index (χ0) is 18.6. The maximum Gasteiger partial charge on any atom is 0.312 e. The molecule has 0 spiro atoms. The van der Waals surface area contributed by atoms with Crippen LogP contribution in [0, 0.1) is 10.1 Å². The van der Waals surface area contributed by atoms with Crippen molar-refractivity contribution in [3.8, 4) is 5.75 Å². The second-order valence-corrected chi connectivity index (χ2v) is 4.99. The Bertz CT molecular complexity index is 875. The van der Waals surface area contributed by atoms with Crippen molar-refractivity contribution in [1.29, 1.82) is 0 Å². The van der Waals surface area contributed by atoms with E-state index in [2.05, 4.69) is 5.32 Å². The van der Waals surface area contributed by atoms with Crippen molar-refractivity contribution in [2.75, 3.05) is 7.05 Å². The molecule has 0 aliphatic heterocycles. The fourth-order valence-corrected chi connectivity index (χ4v) is 2.21. The summed E-state index contributed by atoms with van der Waals surface area (Å²) in [5.74, 6) is -1.98. The molecule has 2 aromatic rings. The summed E-state index contributed by atoms with van der Waals surface area (Å²) in [6, 6.07) is 9.62. The number of rotatable bonds is 5. The molecule has 0 saturated heterocycles. The van der Waals surface area contributed by atoms with Crippen LogP contribution in [0.3, 0.4) is 0 Å². The minimum absolute atomic E-state index is 0.000967. The summed E-state index contributed by atoms with van der Waals surface area (Å²) in [6.45, 7) is 1.11. The van der Waals surface area contributed by atoms with Gasteiger partial charge in [-0.25, -0.2) is 0 Å². The van der Waals surface area contributed by atoms with Crippen LogP contribution in [0.2, 0.25) is 0 Å². The van der Waals surface area contributed by atoms with E-state index in [9.17, 15) is 24.5 Å². The highest BCUT2D eigenvalue weighted by atomic mass is 16.6. The van der Waals surface area contributed by atoms with Gasteiger partial charge < -0.3 is 10.1 Å². The third kappa shape index (κ3) is 3.86. The standard InChI is InChI=1S/C17H14N2O6/c1-10(20)25-15-8-7-11(9-14(15)19(23)24)16(21)12-5-3-4-6-13(12)17(22)18-2/h3-9H,1-2H3,(H,18,22). The molecule has 25 heavy (non-hydrogen) atoms. The Kier molecular flexibility index (Phi) is 5.23. The number of esters is 1. The Balaban J connectivity index is 2.51. The molecule has 2 rings (SSSR count). The number of nitro benzene ring substituents is 1. The van der Waals surface area contributed by atoms with Gasteiger partial charge in [-0.15, -0.1) is 0 Å². The lowest BCUT2D eigenvalue weighted by molar-refractivity contribution is -0.385. The number of nitrogens with one attached hydrogen (secondary N) is 1. The van der Waals surface area contributed by atoms with Crippen LogP contribution in [-0.2, 0) is 4.79 Å². The van der Waals surface area contributed by atoms with E-state index in [1.807, 2.05) is 0 Å². The zero-order valence-electron chi connectivity index (χ0n) is 13.4. The van der Waals surface area contributed by atoms with Gasteiger partial charge in [-0.3, -0.25) is 24.5 Å². The number of amides is 1. The summed E-state index contributed by atoms with van der Waals surface area (Å²) in [4.78, 5) is 46.0. The molecular weight excluding hydrogens is 328 g/mol. The van der Waals surface area contributed by atoms with Crippen molar-refractivity contribution in [3.05, 3.63) is 69.3 Å². The van der Waals surface area contributed by atoms with E-state index >= 15 is 0 Å². The molecule has 0 bridgehead atoms.